The van der Waals surface area contributed by atoms with Crippen molar-refractivity contribution in [3.63, 3.8) is 0 Å². The fourth-order valence-electron chi connectivity index (χ4n) is 2.32. The van der Waals surface area contributed by atoms with Crippen molar-refractivity contribution in [2.75, 3.05) is 19.5 Å². The normalized spacial score (nSPS) is 11.7. The van der Waals surface area contributed by atoms with Crippen LogP contribution in [0.1, 0.15) is 6.92 Å². The molecule has 2 aromatic carbocycles. The molecule has 3 aromatic rings. The lowest BCUT2D eigenvalue weighted by atomic mass is 10.2. The number of nitrogens with zero attached hydrogens (tertiary/aromatic N) is 2. The molecule has 3 rings (SSSR count). The minimum atomic E-state index is -0.531. The standard InChI is InChI=1S/C19H18FN3O4S/c1-11(17(24)21-14-6-4-5-13(20)9-14)28-19-23-22-18(27-19)12-7-15(25-2)10-16(8-12)26-3/h4-11H,1-3H3,(H,21,24)/t11-/m1/s1. The van der Waals surface area contributed by atoms with Crippen LogP contribution in [0.3, 0.4) is 0 Å². The van der Waals surface area contributed by atoms with E-state index in [-0.39, 0.29) is 17.0 Å². The molecule has 0 bridgehead atoms. The topological polar surface area (TPSA) is 86.5 Å². The second-order valence-electron chi connectivity index (χ2n) is 5.73. The van der Waals surface area contributed by atoms with E-state index in [4.69, 9.17) is 13.9 Å². The molecule has 0 aliphatic rings. The molecule has 0 saturated carbocycles. The Balaban J connectivity index is 1.69. The first kappa shape index (κ1) is 19.7. The van der Waals surface area contributed by atoms with Crippen LogP contribution in [0.25, 0.3) is 11.5 Å². The first-order chi connectivity index (χ1) is 13.5. The Bertz CT molecular complexity index is 957. The van der Waals surface area contributed by atoms with Crippen LogP contribution in [-0.2, 0) is 4.79 Å². The first-order valence-corrected chi connectivity index (χ1v) is 9.16. The van der Waals surface area contributed by atoms with Crippen molar-refractivity contribution in [3.05, 3.63) is 48.3 Å². The van der Waals surface area contributed by atoms with Gasteiger partial charge in [0.15, 0.2) is 0 Å². The van der Waals surface area contributed by atoms with E-state index in [2.05, 4.69) is 15.5 Å². The molecule has 1 N–H and O–H groups in total. The molecule has 28 heavy (non-hydrogen) atoms. The van der Waals surface area contributed by atoms with E-state index >= 15 is 0 Å². The molecule has 1 atom stereocenters. The van der Waals surface area contributed by atoms with E-state index in [1.165, 1.54) is 18.2 Å². The van der Waals surface area contributed by atoms with Crippen molar-refractivity contribution in [3.8, 4) is 23.0 Å². The fraction of sp³-hybridized carbons (Fsp3) is 0.211. The van der Waals surface area contributed by atoms with Crippen molar-refractivity contribution in [1.29, 1.82) is 0 Å². The van der Waals surface area contributed by atoms with Gasteiger partial charge in [-0.1, -0.05) is 17.8 Å². The molecule has 0 unspecified atom stereocenters. The van der Waals surface area contributed by atoms with Crippen LogP contribution >= 0.6 is 11.8 Å². The highest BCUT2D eigenvalue weighted by atomic mass is 32.2. The molecule has 1 amide bonds. The van der Waals surface area contributed by atoms with Crippen LogP contribution in [0.15, 0.2) is 52.1 Å². The Hall–Kier alpha value is -3.07. The van der Waals surface area contributed by atoms with Crippen LogP contribution in [0.2, 0.25) is 0 Å². The van der Waals surface area contributed by atoms with Crippen molar-refractivity contribution in [2.45, 2.75) is 17.4 Å². The van der Waals surface area contributed by atoms with Crippen molar-refractivity contribution in [2.24, 2.45) is 0 Å². The number of methoxy groups -OCH3 is 2. The highest BCUT2D eigenvalue weighted by Gasteiger charge is 2.19. The number of aromatic nitrogens is 2. The molecule has 0 aliphatic carbocycles. The molecule has 0 radical (unpaired) electrons. The lowest BCUT2D eigenvalue weighted by Gasteiger charge is -2.09. The van der Waals surface area contributed by atoms with Crippen LogP contribution in [0.5, 0.6) is 11.5 Å². The number of hydrogen-bond acceptors (Lipinski definition) is 7. The predicted octanol–water partition coefficient (Wildman–Crippen LogP) is 4.01. The minimum absolute atomic E-state index is 0.235. The number of benzene rings is 2. The van der Waals surface area contributed by atoms with E-state index < -0.39 is 11.1 Å². The summed E-state index contributed by atoms with van der Waals surface area (Å²) in [5.41, 5.74) is 1.01. The van der Waals surface area contributed by atoms with Gasteiger partial charge in [0.2, 0.25) is 11.8 Å². The van der Waals surface area contributed by atoms with Crippen LogP contribution < -0.4 is 14.8 Å². The van der Waals surface area contributed by atoms with Crippen molar-refractivity contribution < 1.29 is 23.1 Å². The number of carbonyl (C=O) groups excluding carboxylic acids is 1. The number of rotatable bonds is 7. The van der Waals surface area contributed by atoms with E-state index in [0.29, 0.717) is 22.7 Å². The Kier molecular flexibility index (Phi) is 6.15. The number of ether oxygens (including phenoxy) is 2. The molecule has 146 valence electrons. The molecular formula is C19H18FN3O4S. The molecule has 0 saturated heterocycles. The summed E-state index contributed by atoms with van der Waals surface area (Å²) in [4.78, 5) is 12.3. The number of halogens is 1. The van der Waals surface area contributed by atoms with Crippen molar-refractivity contribution in [1.82, 2.24) is 10.2 Å². The highest BCUT2D eigenvalue weighted by molar-refractivity contribution is 8.00. The fourth-order valence-corrected chi connectivity index (χ4v) is 3.00. The van der Waals surface area contributed by atoms with E-state index in [1.807, 2.05) is 0 Å². The second kappa shape index (κ2) is 8.75. The third-order valence-electron chi connectivity index (χ3n) is 3.74. The molecule has 7 nitrogen and oxygen atoms in total. The maximum Gasteiger partial charge on any atom is 0.277 e. The number of thioether (sulfide) groups is 1. The Morgan fingerprint density at radius 2 is 1.86 bits per heavy atom. The van der Waals surface area contributed by atoms with E-state index in [1.54, 1.807) is 45.4 Å². The van der Waals surface area contributed by atoms with Gasteiger partial charge in [0.1, 0.15) is 17.3 Å². The Morgan fingerprint density at radius 3 is 2.50 bits per heavy atom. The average Bonchev–Trinajstić information content (AvgIpc) is 3.16. The SMILES string of the molecule is COc1cc(OC)cc(-c2nnc(S[C@H](C)C(=O)Nc3cccc(F)c3)o2)c1. The van der Waals surface area contributed by atoms with Crippen LogP contribution in [0.4, 0.5) is 10.1 Å². The summed E-state index contributed by atoms with van der Waals surface area (Å²) in [7, 11) is 3.10. The van der Waals surface area contributed by atoms with Gasteiger partial charge in [-0.2, -0.15) is 0 Å². The monoisotopic (exact) mass is 403 g/mol. The summed E-state index contributed by atoms with van der Waals surface area (Å²) in [5.74, 6) is 0.721. The van der Waals surface area contributed by atoms with Gasteiger partial charge in [0.05, 0.1) is 19.5 Å². The molecule has 0 spiro atoms. The summed E-state index contributed by atoms with van der Waals surface area (Å²) in [6, 6.07) is 10.9. The summed E-state index contributed by atoms with van der Waals surface area (Å²) in [6.45, 7) is 1.69. The summed E-state index contributed by atoms with van der Waals surface area (Å²) in [5, 5.41) is 10.3. The van der Waals surface area contributed by atoms with E-state index in [0.717, 1.165) is 11.8 Å². The lowest BCUT2D eigenvalue weighted by Crippen LogP contribution is -2.22. The van der Waals surface area contributed by atoms with Crippen LogP contribution in [-0.4, -0.2) is 35.6 Å². The first-order valence-electron chi connectivity index (χ1n) is 8.28. The maximum absolute atomic E-state index is 13.2. The van der Waals surface area contributed by atoms with Crippen molar-refractivity contribution >= 4 is 23.4 Å². The van der Waals surface area contributed by atoms with Gasteiger partial charge in [0.25, 0.3) is 5.22 Å². The van der Waals surface area contributed by atoms with Gasteiger partial charge in [0, 0.05) is 17.3 Å². The third-order valence-corrected chi connectivity index (χ3v) is 4.68. The number of hydrogen-bond donors (Lipinski definition) is 1. The number of amides is 1. The number of anilines is 1. The van der Waals surface area contributed by atoms with Gasteiger partial charge >= 0.3 is 0 Å². The van der Waals surface area contributed by atoms with E-state index in [9.17, 15) is 9.18 Å². The quantitative estimate of drug-likeness (QED) is 0.597. The predicted molar refractivity (Wildman–Crippen MR) is 103 cm³/mol. The zero-order valence-electron chi connectivity index (χ0n) is 15.4. The molecule has 0 fully saturated rings. The van der Waals surface area contributed by atoms with Gasteiger partial charge in [-0.3, -0.25) is 4.79 Å². The number of carbonyl (C=O) groups is 1. The molecule has 1 aromatic heterocycles. The van der Waals surface area contributed by atoms with Gasteiger partial charge in [-0.15, -0.1) is 10.2 Å². The Morgan fingerprint density at radius 1 is 1.14 bits per heavy atom. The molecular weight excluding hydrogens is 385 g/mol. The smallest absolute Gasteiger partial charge is 0.277 e. The summed E-state index contributed by atoms with van der Waals surface area (Å²) in [6.07, 6.45) is 0. The molecule has 0 aliphatic heterocycles. The van der Waals surface area contributed by atoms with Gasteiger partial charge in [-0.05, 0) is 37.3 Å². The zero-order valence-corrected chi connectivity index (χ0v) is 16.2. The maximum atomic E-state index is 13.2. The third kappa shape index (κ3) is 4.80. The van der Waals surface area contributed by atoms with Gasteiger partial charge < -0.3 is 19.2 Å². The highest BCUT2D eigenvalue weighted by Crippen LogP contribution is 2.31. The summed E-state index contributed by atoms with van der Waals surface area (Å²) < 4.78 is 29.3. The lowest BCUT2D eigenvalue weighted by molar-refractivity contribution is -0.115. The molecule has 9 heteroatoms. The molecule has 1 heterocycles. The number of nitrogens with one attached hydrogen (secondary N) is 1. The van der Waals surface area contributed by atoms with Gasteiger partial charge in [-0.25, -0.2) is 4.39 Å². The second-order valence-corrected chi connectivity index (χ2v) is 7.03. The minimum Gasteiger partial charge on any atom is -0.497 e. The zero-order chi connectivity index (χ0) is 20.1. The Labute approximate surface area is 165 Å². The largest absolute Gasteiger partial charge is 0.497 e. The van der Waals surface area contributed by atoms with Crippen LogP contribution in [0, 0.1) is 5.82 Å². The average molecular weight is 403 g/mol. The summed E-state index contributed by atoms with van der Waals surface area (Å²) >= 11 is 1.10.